The van der Waals surface area contributed by atoms with Gasteiger partial charge in [-0.2, -0.15) is 4.98 Å². The van der Waals surface area contributed by atoms with Crippen LogP contribution in [0.3, 0.4) is 0 Å². The Morgan fingerprint density at radius 3 is 3.05 bits per heavy atom. The zero-order chi connectivity index (χ0) is 15.1. The second-order valence-corrected chi connectivity index (χ2v) is 6.47. The lowest BCUT2D eigenvalue weighted by molar-refractivity contribution is 0.193. The quantitative estimate of drug-likeness (QED) is 0.913. The van der Waals surface area contributed by atoms with E-state index in [9.17, 15) is 0 Å². The van der Waals surface area contributed by atoms with Gasteiger partial charge < -0.3 is 15.4 Å². The summed E-state index contributed by atoms with van der Waals surface area (Å²) in [6, 6.07) is 0.337. The highest BCUT2D eigenvalue weighted by Gasteiger charge is 2.31. The molecule has 1 fully saturated rings. The van der Waals surface area contributed by atoms with E-state index in [1.54, 1.807) is 11.3 Å². The van der Waals surface area contributed by atoms with Crippen LogP contribution in [0, 0.1) is 6.92 Å². The molecule has 2 aliphatic heterocycles. The summed E-state index contributed by atoms with van der Waals surface area (Å²) in [6.07, 6.45) is 5.10. The van der Waals surface area contributed by atoms with Gasteiger partial charge in [-0.1, -0.05) is 0 Å². The molecule has 2 aromatic rings. The van der Waals surface area contributed by atoms with Gasteiger partial charge in [-0.25, -0.2) is 4.98 Å². The van der Waals surface area contributed by atoms with Crippen molar-refractivity contribution >= 4 is 34.8 Å². The third-order valence-corrected chi connectivity index (χ3v) is 5.01. The van der Waals surface area contributed by atoms with Crippen LogP contribution in [0.5, 0.6) is 0 Å². The van der Waals surface area contributed by atoms with Gasteiger partial charge in [-0.15, -0.1) is 11.3 Å². The summed E-state index contributed by atoms with van der Waals surface area (Å²) in [5, 5.41) is 0. The Kier molecular flexibility index (Phi) is 3.31. The predicted octanol–water partition coefficient (Wildman–Crippen LogP) is 1.97. The molecule has 0 amide bonds. The monoisotopic (exact) mass is 315 g/mol. The van der Waals surface area contributed by atoms with Crippen molar-refractivity contribution in [1.82, 2.24) is 15.0 Å². The lowest BCUT2D eigenvalue weighted by Gasteiger charge is -2.34. The summed E-state index contributed by atoms with van der Waals surface area (Å²) in [7, 11) is 0. The molecule has 114 valence electrons. The van der Waals surface area contributed by atoms with Crippen LogP contribution in [-0.2, 0) is 4.74 Å². The Morgan fingerprint density at radius 1 is 1.41 bits per heavy atom. The Labute approximate surface area is 132 Å². The van der Waals surface area contributed by atoms with E-state index in [2.05, 4.69) is 25.9 Å². The molecule has 2 aliphatic rings. The zero-order valence-electron chi connectivity index (χ0n) is 12.3. The Morgan fingerprint density at radius 2 is 2.32 bits per heavy atom. The van der Waals surface area contributed by atoms with Gasteiger partial charge in [0, 0.05) is 24.9 Å². The van der Waals surface area contributed by atoms with Crippen LogP contribution in [-0.4, -0.2) is 40.8 Å². The predicted molar refractivity (Wildman–Crippen MR) is 87.7 cm³/mol. The molecule has 7 heteroatoms. The first-order valence-corrected chi connectivity index (χ1v) is 8.18. The fraction of sp³-hybridized carbons (Fsp3) is 0.400. The van der Waals surface area contributed by atoms with Crippen molar-refractivity contribution in [2.24, 2.45) is 0 Å². The van der Waals surface area contributed by atoms with E-state index in [4.69, 9.17) is 10.5 Å². The van der Waals surface area contributed by atoms with Crippen molar-refractivity contribution in [3.05, 3.63) is 27.8 Å². The minimum atomic E-state index is 0.329. The van der Waals surface area contributed by atoms with Crippen molar-refractivity contribution in [3.8, 4) is 0 Å². The summed E-state index contributed by atoms with van der Waals surface area (Å²) >= 11 is 1.65. The molecule has 0 radical (unpaired) electrons. The highest BCUT2D eigenvalue weighted by molar-refractivity contribution is 7.10. The lowest BCUT2D eigenvalue weighted by Crippen LogP contribution is -2.39. The van der Waals surface area contributed by atoms with Crippen molar-refractivity contribution in [2.75, 3.05) is 30.4 Å². The highest BCUT2D eigenvalue weighted by atomic mass is 32.1. The number of anilines is 2. The average molecular weight is 315 g/mol. The van der Waals surface area contributed by atoms with Crippen molar-refractivity contribution in [3.63, 3.8) is 0 Å². The maximum atomic E-state index is 5.86. The molecular weight excluding hydrogens is 298 g/mol. The van der Waals surface area contributed by atoms with E-state index in [1.165, 1.54) is 10.5 Å². The number of hydrogen-bond acceptors (Lipinski definition) is 7. The zero-order valence-corrected chi connectivity index (χ0v) is 13.1. The van der Waals surface area contributed by atoms with Crippen LogP contribution >= 0.6 is 11.3 Å². The number of hydrogen-bond donors (Lipinski definition) is 1. The topological polar surface area (TPSA) is 77.2 Å². The number of nitrogen functional groups attached to an aromatic ring is 1. The van der Waals surface area contributed by atoms with Crippen LogP contribution in [0.4, 0.5) is 11.8 Å². The largest absolute Gasteiger partial charge is 0.379 e. The smallest absolute Gasteiger partial charge is 0.222 e. The molecule has 2 aromatic heterocycles. The molecule has 0 spiro atoms. The summed E-state index contributed by atoms with van der Waals surface area (Å²) in [5.41, 5.74) is 10.9. The highest BCUT2D eigenvalue weighted by Crippen LogP contribution is 2.36. The molecule has 1 saturated heterocycles. The Balaban J connectivity index is 1.84. The Hall–Kier alpha value is -1.99. The van der Waals surface area contributed by atoms with Gasteiger partial charge in [-0.05, 0) is 25.0 Å². The molecule has 0 unspecified atom stereocenters. The van der Waals surface area contributed by atoms with Gasteiger partial charge in [0.15, 0.2) is 0 Å². The summed E-state index contributed by atoms with van der Waals surface area (Å²) < 4.78 is 5.57. The first kappa shape index (κ1) is 13.7. The number of nitrogens with zero attached hydrogens (tertiary/aromatic N) is 4. The number of rotatable bonds is 2. The van der Waals surface area contributed by atoms with Gasteiger partial charge in [0.25, 0.3) is 0 Å². The van der Waals surface area contributed by atoms with E-state index in [0.29, 0.717) is 12.0 Å². The van der Waals surface area contributed by atoms with E-state index in [-0.39, 0.29) is 0 Å². The molecule has 4 heterocycles. The first-order valence-electron chi connectivity index (χ1n) is 7.30. The van der Waals surface area contributed by atoms with Gasteiger partial charge in [-0.3, -0.25) is 4.98 Å². The fourth-order valence-electron chi connectivity index (χ4n) is 3.05. The third-order valence-electron chi connectivity index (χ3n) is 4.16. The maximum Gasteiger partial charge on any atom is 0.222 e. The number of thiazole rings is 1. The van der Waals surface area contributed by atoms with Crippen LogP contribution in [0.15, 0.2) is 11.7 Å². The molecule has 0 aromatic carbocycles. The Bertz CT molecular complexity index is 722. The second kappa shape index (κ2) is 5.33. The molecule has 0 aliphatic carbocycles. The first-order chi connectivity index (χ1) is 10.7. The van der Waals surface area contributed by atoms with Gasteiger partial charge in [0.05, 0.1) is 28.7 Å². The maximum absolute atomic E-state index is 5.86. The van der Waals surface area contributed by atoms with E-state index in [1.807, 2.05) is 18.6 Å². The minimum Gasteiger partial charge on any atom is -0.379 e. The summed E-state index contributed by atoms with van der Waals surface area (Å²) in [5.74, 6) is 1.25. The van der Waals surface area contributed by atoms with E-state index >= 15 is 0 Å². The standard InChI is InChI=1S/C15H17N5OS/c1-9-12-4-10(13-5-17-8-22-13)6-20(11-2-3-21-7-11)14(12)19-15(16)18-9/h4-5,8,11H,2-3,6-7H2,1H3,(H2,16,18,19)/t11-/m0/s1. The van der Waals surface area contributed by atoms with E-state index in [0.717, 1.165) is 43.3 Å². The van der Waals surface area contributed by atoms with Crippen molar-refractivity contribution < 1.29 is 4.74 Å². The number of aromatic nitrogens is 3. The van der Waals surface area contributed by atoms with Crippen LogP contribution in [0.2, 0.25) is 0 Å². The van der Waals surface area contributed by atoms with Crippen LogP contribution < -0.4 is 10.6 Å². The lowest BCUT2D eigenvalue weighted by atomic mass is 10.0. The molecule has 1 atom stereocenters. The molecular formula is C15H17N5OS. The third kappa shape index (κ3) is 2.26. The fourth-order valence-corrected chi connectivity index (χ4v) is 3.68. The SMILES string of the molecule is Cc1nc(N)nc2c1C=C(c1cncs1)CN2[C@H]1CCOC1. The average Bonchev–Trinajstić information content (AvgIpc) is 3.20. The molecule has 4 rings (SSSR count). The summed E-state index contributed by atoms with van der Waals surface area (Å²) in [6.45, 7) is 4.32. The van der Waals surface area contributed by atoms with Gasteiger partial charge in [0.2, 0.25) is 5.95 Å². The van der Waals surface area contributed by atoms with Gasteiger partial charge in [0.1, 0.15) is 5.82 Å². The van der Waals surface area contributed by atoms with E-state index < -0.39 is 0 Å². The number of fused-ring (bicyclic) bond motifs is 1. The van der Waals surface area contributed by atoms with Gasteiger partial charge >= 0.3 is 0 Å². The normalized spacial score (nSPS) is 20.9. The van der Waals surface area contributed by atoms with Crippen LogP contribution in [0.25, 0.3) is 11.6 Å². The molecule has 2 N–H and O–H groups in total. The molecule has 0 saturated carbocycles. The number of nitrogens with two attached hydrogens (primary N) is 1. The molecule has 22 heavy (non-hydrogen) atoms. The second-order valence-electron chi connectivity index (χ2n) is 5.59. The van der Waals surface area contributed by atoms with Crippen molar-refractivity contribution in [2.45, 2.75) is 19.4 Å². The van der Waals surface area contributed by atoms with Crippen LogP contribution in [0.1, 0.15) is 22.6 Å². The minimum absolute atomic E-state index is 0.329. The van der Waals surface area contributed by atoms with Crippen molar-refractivity contribution in [1.29, 1.82) is 0 Å². The number of ether oxygens (including phenoxy) is 1. The summed E-state index contributed by atoms with van der Waals surface area (Å²) in [4.78, 5) is 16.5. The number of aryl methyl sites for hydroxylation is 1. The molecule has 6 nitrogen and oxygen atoms in total. The molecule has 0 bridgehead atoms.